The van der Waals surface area contributed by atoms with Gasteiger partial charge < -0.3 is 19.8 Å². The van der Waals surface area contributed by atoms with Gasteiger partial charge in [0.25, 0.3) is 0 Å². The molecule has 2 aromatic carbocycles. The van der Waals surface area contributed by atoms with E-state index in [4.69, 9.17) is 21.4 Å². The zero-order valence-corrected chi connectivity index (χ0v) is 17.3. The van der Waals surface area contributed by atoms with Crippen LogP contribution in [-0.2, 0) is 9.53 Å². The highest BCUT2D eigenvalue weighted by Gasteiger charge is 2.33. The summed E-state index contributed by atoms with van der Waals surface area (Å²) in [5.41, 5.74) is 3.27. The number of esters is 1. The van der Waals surface area contributed by atoms with Crippen molar-refractivity contribution in [1.82, 2.24) is 10.6 Å². The van der Waals surface area contributed by atoms with Gasteiger partial charge in [-0.05, 0) is 49.3 Å². The zero-order chi connectivity index (χ0) is 21.3. The molecule has 1 aliphatic heterocycles. The van der Waals surface area contributed by atoms with E-state index in [0.717, 1.165) is 11.1 Å². The van der Waals surface area contributed by atoms with E-state index >= 15 is 0 Å². The summed E-state index contributed by atoms with van der Waals surface area (Å²) in [5, 5.41) is 6.68. The second-order valence-corrected chi connectivity index (χ2v) is 7.30. The van der Waals surface area contributed by atoms with Crippen LogP contribution < -0.4 is 16.1 Å². The molecular formula is C23H20N2O4S. The quantitative estimate of drug-likeness (QED) is 0.491. The van der Waals surface area contributed by atoms with Crippen molar-refractivity contribution in [2.45, 2.75) is 19.9 Å². The Morgan fingerprint density at radius 2 is 1.93 bits per heavy atom. The van der Waals surface area contributed by atoms with Gasteiger partial charge in [-0.25, -0.2) is 4.79 Å². The van der Waals surface area contributed by atoms with Crippen molar-refractivity contribution < 1.29 is 13.9 Å². The van der Waals surface area contributed by atoms with Gasteiger partial charge >= 0.3 is 5.97 Å². The molecular weight excluding hydrogens is 400 g/mol. The first-order chi connectivity index (χ1) is 14.5. The number of nitrogens with one attached hydrogen (secondary N) is 2. The van der Waals surface area contributed by atoms with E-state index in [-0.39, 0.29) is 12.0 Å². The summed E-state index contributed by atoms with van der Waals surface area (Å²) in [4.78, 5) is 26.0. The summed E-state index contributed by atoms with van der Waals surface area (Å²) in [5.74, 6) is -0.514. The number of rotatable bonds is 4. The van der Waals surface area contributed by atoms with E-state index in [9.17, 15) is 9.59 Å². The number of allylic oxidation sites excluding steroid dienone is 1. The van der Waals surface area contributed by atoms with Gasteiger partial charge in [0.15, 0.2) is 10.5 Å². The highest BCUT2D eigenvalue weighted by atomic mass is 32.1. The van der Waals surface area contributed by atoms with Gasteiger partial charge in [-0.2, -0.15) is 0 Å². The molecule has 2 heterocycles. The van der Waals surface area contributed by atoms with Gasteiger partial charge in [-0.15, -0.1) is 0 Å². The van der Waals surface area contributed by atoms with E-state index in [1.165, 1.54) is 6.26 Å². The molecule has 0 radical (unpaired) electrons. The minimum absolute atomic E-state index is 0.222. The molecule has 7 heteroatoms. The second kappa shape index (κ2) is 8.12. The van der Waals surface area contributed by atoms with Crippen molar-refractivity contribution in [2.24, 2.45) is 0 Å². The van der Waals surface area contributed by atoms with Crippen LogP contribution in [-0.4, -0.2) is 17.7 Å². The lowest BCUT2D eigenvalue weighted by molar-refractivity contribution is -0.139. The van der Waals surface area contributed by atoms with Crippen LogP contribution in [0.25, 0.3) is 22.1 Å². The van der Waals surface area contributed by atoms with Gasteiger partial charge in [-0.1, -0.05) is 36.4 Å². The molecule has 0 saturated carbocycles. The zero-order valence-electron chi connectivity index (χ0n) is 16.5. The Morgan fingerprint density at radius 1 is 1.17 bits per heavy atom. The Bertz CT molecular complexity index is 1230. The van der Waals surface area contributed by atoms with E-state index in [2.05, 4.69) is 10.6 Å². The SMILES string of the molecule is CCOC(=O)C1=C(C)NC(=S)NC1c1coc2ccc(-c3ccccc3)cc2c1=O. The normalized spacial score (nSPS) is 16.2. The first-order valence-corrected chi connectivity index (χ1v) is 9.96. The molecule has 152 valence electrons. The predicted octanol–water partition coefficient (Wildman–Crippen LogP) is 3.82. The minimum atomic E-state index is -0.765. The molecule has 1 aromatic heterocycles. The summed E-state index contributed by atoms with van der Waals surface area (Å²) in [6.07, 6.45) is 1.38. The fourth-order valence-corrected chi connectivity index (χ4v) is 3.83. The number of ether oxygens (including phenoxy) is 1. The Balaban J connectivity index is 1.86. The lowest BCUT2D eigenvalue weighted by Gasteiger charge is -2.29. The number of thiocarbonyl (C=S) groups is 1. The van der Waals surface area contributed by atoms with Gasteiger partial charge in [-0.3, -0.25) is 4.79 Å². The lowest BCUT2D eigenvalue weighted by atomic mass is 9.95. The Kier molecular flexibility index (Phi) is 5.37. The molecule has 2 N–H and O–H groups in total. The molecule has 0 bridgehead atoms. The van der Waals surface area contributed by atoms with Crippen LogP contribution in [0.15, 0.2) is 75.3 Å². The predicted molar refractivity (Wildman–Crippen MR) is 119 cm³/mol. The molecule has 1 unspecified atom stereocenters. The summed E-state index contributed by atoms with van der Waals surface area (Å²) in [7, 11) is 0. The van der Waals surface area contributed by atoms with Crippen LogP contribution in [0.4, 0.5) is 0 Å². The highest BCUT2D eigenvalue weighted by molar-refractivity contribution is 7.80. The van der Waals surface area contributed by atoms with Crippen LogP contribution in [0, 0.1) is 0 Å². The third-order valence-corrected chi connectivity index (χ3v) is 5.20. The second-order valence-electron chi connectivity index (χ2n) is 6.89. The van der Waals surface area contributed by atoms with Gasteiger partial charge in [0.1, 0.15) is 11.8 Å². The molecule has 1 atom stereocenters. The number of fused-ring (bicyclic) bond motifs is 1. The van der Waals surface area contributed by atoms with Crippen LogP contribution in [0.2, 0.25) is 0 Å². The average molecular weight is 420 g/mol. The maximum Gasteiger partial charge on any atom is 0.338 e. The number of hydrogen-bond acceptors (Lipinski definition) is 5. The molecule has 3 aromatic rings. The smallest absolute Gasteiger partial charge is 0.338 e. The molecule has 4 rings (SSSR count). The van der Waals surface area contributed by atoms with Gasteiger partial charge in [0.05, 0.1) is 29.2 Å². The van der Waals surface area contributed by atoms with Crippen LogP contribution in [0.5, 0.6) is 0 Å². The van der Waals surface area contributed by atoms with E-state index in [1.54, 1.807) is 26.0 Å². The average Bonchev–Trinajstić information content (AvgIpc) is 2.74. The topological polar surface area (TPSA) is 80.6 Å². The standard InChI is InChI=1S/C23H20N2O4S/c1-3-28-22(27)19-13(2)24-23(30)25-20(19)17-12-29-18-10-9-15(11-16(18)21(17)26)14-7-5-4-6-8-14/h4-12,20H,3H2,1-2H3,(H2,24,25,30). The molecule has 0 spiro atoms. The van der Waals surface area contributed by atoms with E-state index < -0.39 is 12.0 Å². The maximum atomic E-state index is 13.4. The third kappa shape index (κ3) is 3.59. The van der Waals surface area contributed by atoms with E-state index in [0.29, 0.717) is 32.9 Å². The molecule has 30 heavy (non-hydrogen) atoms. The van der Waals surface area contributed by atoms with Crippen molar-refractivity contribution in [3.05, 3.63) is 81.9 Å². The Morgan fingerprint density at radius 3 is 2.67 bits per heavy atom. The fourth-order valence-electron chi connectivity index (χ4n) is 3.56. The maximum absolute atomic E-state index is 13.4. The molecule has 0 aliphatic carbocycles. The van der Waals surface area contributed by atoms with Crippen LogP contribution >= 0.6 is 12.2 Å². The Labute approximate surface area is 178 Å². The van der Waals surface area contributed by atoms with Crippen LogP contribution in [0.1, 0.15) is 25.5 Å². The molecule has 0 amide bonds. The summed E-state index contributed by atoms with van der Waals surface area (Å²) in [6.45, 7) is 3.68. The summed E-state index contributed by atoms with van der Waals surface area (Å²) < 4.78 is 10.9. The highest BCUT2D eigenvalue weighted by Crippen LogP contribution is 2.28. The van der Waals surface area contributed by atoms with Crippen LogP contribution in [0.3, 0.4) is 0 Å². The lowest BCUT2D eigenvalue weighted by Crippen LogP contribution is -2.46. The first kappa shape index (κ1) is 19.8. The molecule has 0 fully saturated rings. The summed E-state index contributed by atoms with van der Waals surface area (Å²) >= 11 is 5.25. The number of hydrogen-bond donors (Lipinski definition) is 2. The van der Waals surface area contributed by atoms with Crippen molar-refractivity contribution >= 4 is 34.3 Å². The van der Waals surface area contributed by atoms with Crippen molar-refractivity contribution in [2.75, 3.05) is 6.61 Å². The Hall–Kier alpha value is -3.45. The van der Waals surface area contributed by atoms with Gasteiger partial charge in [0, 0.05) is 5.70 Å². The molecule has 1 aliphatic rings. The molecule has 0 saturated heterocycles. The summed E-state index contributed by atoms with van der Waals surface area (Å²) in [6, 6.07) is 14.5. The largest absolute Gasteiger partial charge is 0.464 e. The van der Waals surface area contributed by atoms with Gasteiger partial charge in [0.2, 0.25) is 0 Å². The number of carbonyl (C=O) groups is 1. The van der Waals surface area contributed by atoms with Crippen molar-refractivity contribution in [3.63, 3.8) is 0 Å². The fraction of sp³-hybridized carbons (Fsp3) is 0.174. The number of carbonyl (C=O) groups excluding carboxylic acids is 1. The van der Waals surface area contributed by atoms with Crippen molar-refractivity contribution in [1.29, 1.82) is 0 Å². The minimum Gasteiger partial charge on any atom is -0.464 e. The van der Waals surface area contributed by atoms with Crippen molar-refractivity contribution in [3.8, 4) is 11.1 Å². The first-order valence-electron chi connectivity index (χ1n) is 9.56. The molecule has 6 nitrogen and oxygen atoms in total. The number of benzene rings is 2. The monoisotopic (exact) mass is 420 g/mol. The van der Waals surface area contributed by atoms with E-state index in [1.807, 2.05) is 36.4 Å². The third-order valence-electron chi connectivity index (χ3n) is 4.98.